The molecular formula is C20H28N4O. The Morgan fingerprint density at radius 1 is 1.24 bits per heavy atom. The zero-order valence-electron chi connectivity index (χ0n) is 14.7. The summed E-state index contributed by atoms with van der Waals surface area (Å²) >= 11 is 0. The number of para-hydroxylation sites is 1. The van der Waals surface area contributed by atoms with Gasteiger partial charge in [0.15, 0.2) is 0 Å². The number of hydrogen-bond donors (Lipinski definition) is 2. The van der Waals surface area contributed by atoms with Crippen LogP contribution in [0.15, 0.2) is 42.7 Å². The van der Waals surface area contributed by atoms with Gasteiger partial charge in [-0.3, -0.25) is 0 Å². The molecule has 25 heavy (non-hydrogen) atoms. The Balaban J connectivity index is 1.28. The SMILES string of the molecule is c1ccc(-n2cc(CCNC3CCCC3C3COCCN3)cn2)cc1. The van der Waals surface area contributed by atoms with Gasteiger partial charge in [-0.2, -0.15) is 5.10 Å². The zero-order valence-corrected chi connectivity index (χ0v) is 14.7. The van der Waals surface area contributed by atoms with Crippen LogP contribution in [-0.4, -0.2) is 48.2 Å². The van der Waals surface area contributed by atoms with Gasteiger partial charge in [-0.25, -0.2) is 4.68 Å². The van der Waals surface area contributed by atoms with Crippen molar-refractivity contribution in [1.29, 1.82) is 0 Å². The summed E-state index contributed by atoms with van der Waals surface area (Å²) in [5.41, 5.74) is 2.39. The van der Waals surface area contributed by atoms with Crippen LogP contribution in [0, 0.1) is 5.92 Å². The standard InChI is InChI=1S/C20H28N4O/c1-2-5-17(6-3-1)24-14-16(13-23-24)9-10-21-19-8-4-7-18(19)20-15-25-12-11-22-20/h1-3,5-6,13-14,18-22H,4,7-12,15H2. The van der Waals surface area contributed by atoms with Crippen LogP contribution in [0.5, 0.6) is 0 Å². The molecule has 134 valence electrons. The van der Waals surface area contributed by atoms with E-state index in [1.807, 2.05) is 29.1 Å². The number of benzene rings is 1. The summed E-state index contributed by atoms with van der Waals surface area (Å²) in [6.07, 6.45) is 9.06. The number of ether oxygens (including phenoxy) is 1. The molecule has 1 saturated heterocycles. The van der Waals surface area contributed by atoms with E-state index in [0.29, 0.717) is 18.0 Å². The maximum atomic E-state index is 5.66. The molecule has 4 rings (SSSR count). The van der Waals surface area contributed by atoms with Crippen molar-refractivity contribution in [3.8, 4) is 5.69 Å². The molecule has 1 aliphatic carbocycles. The summed E-state index contributed by atoms with van der Waals surface area (Å²) in [4.78, 5) is 0. The maximum absolute atomic E-state index is 5.66. The summed E-state index contributed by atoms with van der Waals surface area (Å²) in [6, 6.07) is 11.4. The van der Waals surface area contributed by atoms with Crippen LogP contribution >= 0.6 is 0 Å². The van der Waals surface area contributed by atoms with E-state index in [4.69, 9.17) is 4.74 Å². The molecule has 1 aliphatic heterocycles. The first-order valence-electron chi connectivity index (χ1n) is 9.53. The van der Waals surface area contributed by atoms with Crippen molar-refractivity contribution in [3.05, 3.63) is 48.3 Å². The fourth-order valence-corrected chi connectivity index (χ4v) is 4.20. The first-order valence-corrected chi connectivity index (χ1v) is 9.53. The smallest absolute Gasteiger partial charge is 0.0645 e. The molecule has 0 spiro atoms. The Morgan fingerprint density at radius 3 is 3.00 bits per heavy atom. The van der Waals surface area contributed by atoms with E-state index >= 15 is 0 Å². The van der Waals surface area contributed by atoms with E-state index in [0.717, 1.165) is 38.4 Å². The molecule has 1 aromatic heterocycles. The lowest BCUT2D eigenvalue weighted by Gasteiger charge is -2.33. The maximum Gasteiger partial charge on any atom is 0.0645 e. The van der Waals surface area contributed by atoms with Crippen LogP contribution in [0.3, 0.4) is 0 Å². The minimum absolute atomic E-state index is 0.523. The highest BCUT2D eigenvalue weighted by molar-refractivity contribution is 5.30. The molecule has 2 aliphatic rings. The van der Waals surface area contributed by atoms with Gasteiger partial charge in [0, 0.05) is 24.8 Å². The number of hydrogen-bond acceptors (Lipinski definition) is 4. The van der Waals surface area contributed by atoms with Crippen LogP contribution in [0.4, 0.5) is 0 Å². The van der Waals surface area contributed by atoms with Crippen molar-refractivity contribution < 1.29 is 4.74 Å². The van der Waals surface area contributed by atoms with Crippen LogP contribution in [0.1, 0.15) is 24.8 Å². The highest BCUT2D eigenvalue weighted by Crippen LogP contribution is 2.29. The third-order valence-corrected chi connectivity index (χ3v) is 5.51. The fourth-order valence-electron chi connectivity index (χ4n) is 4.20. The number of morpholine rings is 1. The average Bonchev–Trinajstić information content (AvgIpc) is 3.33. The quantitative estimate of drug-likeness (QED) is 0.846. The molecule has 3 unspecified atom stereocenters. The van der Waals surface area contributed by atoms with Gasteiger partial charge < -0.3 is 15.4 Å². The first-order chi connectivity index (χ1) is 12.4. The molecule has 5 heteroatoms. The minimum Gasteiger partial charge on any atom is -0.379 e. The van der Waals surface area contributed by atoms with Gasteiger partial charge in [0.25, 0.3) is 0 Å². The second kappa shape index (κ2) is 8.13. The second-order valence-corrected chi connectivity index (χ2v) is 7.17. The van der Waals surface area contributed by atoms with Gasteiger partial charge in [-0.05, 0) is 49.4 Å². The molecule has 3 atom stereocenters. The van der Waals surface area contributed by atoms with Crippen LogP contribution < -0.4 is 10.6 Å². The number of nitrogens with zero attached hydrogens (tertiary/aromatic N) is 2. The van der Waals surface area contributed by atoms with Gasteiger partial charge >= 0.3 is 0 Å². The lowest BCUT2D eigenvalue weighted by molar-refractivity contribution is 0.0526. The van der Waals surface area contributed by atoms with Gasteiger partial charge in [-0.15, -0.1) is 0 Å². The lowest BCUT2D eigenvalue weighted by Crippen LogP contribution is -2.51. The van der Waals surface area contributed by atoms with E-state index in [1.165, 1.54) is 24.8 Å². The summed E-state index contributed by atoms with van der Waals surface area (Å²) < 4.78 is 7.62. The Kier molecular flexibility index (Phi) is 5.45. The van der Waals surface area contributed by atoms with E-state index in [2.05, 4.69) is 34.1 Å². The van der Waals surface area contributed by atoms with Crippen molar-refractivity contribution in [3.63, 3.8) is 0 Å². The van der Waals surface area contributed by atoms with Gasteiger partial charge in [0.1, 0.15) is 0 Å². The molecule has 1 saturated carbocycles. The van der Waals surface area contributed by atoms with Gasteiger partial charge in [0.05, 0.1) is 25.1 Å². The molecular weight excluding hydrogens is 312 g/mol. The number of rotatable bonds is 6. The van der Waals surface area contributed by atoms with Crippen molar-refractivity contribution >= 4 is 0 Å². The molecule has 2 fully saturated rings. The minimum atomic E-state index is 0.523. The predicted octanol–water partition coefficient (Wildman–Crippen LogP) is 2.16. The number of nitrogens with one attached hydrogen (secondary N) is 2. The third kappa shape index (κ3) is 4.11. The summed E-state index contributed by atoms with van der Waals surface area (Å²) in [7, 11) is 0. The monoisotopic (exact) mass is 340 g/mol. The normalized spacial score (nSPS) is 26.8. The van der Waals surface area contributed by atoms with E-state index in [-0.39, 0.29) is 0 Å². The predicted molar refractivity (Wildman–Crippen MR) is 99.0 cm³/mol. The van der Waals surface area contributed by atoms with Crippen molar-refractivity contribution in [2.45, 2.75) is 37.8 Å². The molecule has 5 nitrogen and oxygen atoms in total. The Hall–Kier alpha value is -1.69. The lowest BCUT2D eigenvalue weighted by atomic mass is 9.94. The van der Waals surface area contributed by atoms with Crippen molar-refractivity contribution in [1.82, 2.24) is 20.4 Å². The molecule has 2 aromatic rings. The Morgan fingerprint density at radius 2 is 2.16 bits per heavy atom. The number of aromatic nitrogens is 2. The topological polar surface area (TPSA) is 51.1 Å². The molecule has 0 radical (unpaired) electrons. The molecule has 1 aromatic carbocycles. The molecule has 0 amide bonds. The average molecular weight is 340 g/mol. The summed E-state index contributed by atoms with van der Waals surface area (Å²) in [6.45, 7) is 3.72. The fraction of sp³-hybridized carbons (Fsp3) is 0.550. The van der Waals surface area contributed by atoms with Crippen molar-refractivity contribution in [2.24, 2.45) is 5.92 Å². The summed E-state index contributed by atoms with van der Waals surface area (Å²) in [5, 5.41) is 11.9. The third-order valence-electron chi connectivity index (χ3n) is 5.51. The van der Waals surface area contributed by atoms with Crippen LogP contribution in [-0.2, 0) is 11.2 Å². The molecule has 0 bridgehead atoms. The van der Waals surface area contributed by atoms with Gasteiger partial charge in [-0.1, -0.05) is 24.6 Å². The second-order valence-electron chi connectivity index (χ2n) is 7.17. The van der Waals surface area contributed by atoms with E-state index in [1.54, 1.807) is 0 Å². The molecule has 2 heterocycles. The highest BCUT2D eigenvalue weighted by Gasteiger charge is 2.34. The van der Waals surface area contributed by atoms with E-state index < -0.39 is 0 Å². The highest BCUT2D eigenvalue weighted by atomic mass is 16.5. The first kappa shape index (κ1) is 16.8. The van der Waals surface area contributed by atoms with Gasteiger partial charge in [0.2, 0.25) is 0 Å². The van der Waals surface area contributed by atoms with Crippen molar-refractivity contribution in [2.75, 3.05) is 26.3 Å². The zero-order chi connectivity index (χ0) is 16.9. The van der Waals surface area contributed by atoms with Crippen LogP contribution in [0.25, 0.3) is 5.69 Å². The summed E-state index contributed by atoms with van der Waals surface area (Å²) in [5.74, 6) is 0.701. The molecule has 2 N–H and O–H groups in total. The largest absolute Gasteiger partial charge is 0.379 e. The Labute approximate surface area is 149 Å². The Bertz CT molecular complexity index is 651. The van der Waals surface area contributed by atoms with E-state index in [9.17, 15) is 0 Å². The van der Waals surface area contributed by atoms with Crippen LogP contribution in [0.2, 0.25) is 0 Å².